The number of carbonyl (C=O) groups excluding carboxylic acids is 1. The Kier molecular flexibility index (Phi) is 6.01. The molecule has 0 aromatic heterocycles. The van der Waals surface area contributed by atoms with E-state index in [1.807, 2.05) is 18.2 Å². The number of hydrogen-bond donors (Lipinski definition) is 0. The quantitative estimate of drug-likeness (QED) is 0.586. The van der Waals surface area contributed by atoms with E-state index >= 15 is 0 Å². The van der Waals surface area contributed by atoms with Gasteiger partial charge < -0.3 is 0 Å². The van der Waals surface area contributed by atoms with Crippen LogP contribution < -0.4 is 0 Å². The van der Waals surface area contributed by atoms with Crippen molar-refractivity contribution in [2.75, 3.05) is 0 Å². The van der Waals surface area contributed by atoms with Gasteiger partial charge in [-0.25, -0.2) is 0 Å². The molecule has 0 spiro atoms. The lowest BCUT2D eigenvalue weighted by atomic mass is 9.84. The molecule has 0 heterocycles. The number of benzene rings is 2. The smallest absolute Gasteiger partial charge is 0.252 e. The molecule has 122 valence electrons. The van der Waals surface area contributed by atoms with Gasteiger partial charge in [0.15, 0.2) is 0 Å². The molecule has 2 heteroatoms. The first-order valence-corrected chi connectivity index (χ1v) is 8.68. The highest BCUT2D eigenvalue weighted by atomic mass is 35.5. The predicted octanol–water partition coefficient (Wildman–Crippen LogP) is 6.10. The van der Waals surface area contributed by atoms with Gasteiger partial charge in [0.1, 0.15) is 0 Å². The lowest BCUT2D eigenvalue weighted by molar-refractivity contribution is 0.108. The summed E-state index contributed by atoms with van der Waals surface area (Å²) in [5.74, 6) is 0.739. The van der Waals surface area contributed by atoms with Crippen LogP contribution in [0.3, 0.4) is 0 Å². The lowest BCUT2D eigenvalue weighted by Gasteiger charge is -2.21. The van der Waals surface area contributed by atoms with E-state index in [1.54, 1.807) is 0 Å². The molecule has 1 nitrogen and oxygen atoms in total. The maximum absolute atomic E-state index is 11.7. The summed E-state index contributed by atoms with van der Waals surface area (Å²) >= 11 is 5.74. The molecule has 0 aliphatic heterocycles. The summed E-state index contributed by atoms with van der Waals surface area (Å²) < 4.78 is 0. The fourth-order valence-corrected chi connectivity index (χ4v) is 3.17. The van der Waals surface area contributed by atoms with Crippen molar-refractivity contribution >= 4 is 16.8 Å². The van der Waals surface area contributed by atoms with Crippen LogP contribution in [0.1, 0.15) is 72.1 Å². The van der Waals surface area contributed by atoms with E-state index in [9.17, 15) is 4.79 Å². The van der Waals surface area contributed by atoms with Crippen molar-refractivity contribution in [1.82, 2.24) is 0 Å². The SMILES string of the molecule is CC(C)c1cc(C(=O)Cl)cc(C(C)C)c1CCc1ccccc1. The van der Waals surface area contributed by atoms with Gasteiger partial charge >= 0.3 is 0 Å². The first-order chi connectivity index (χ1) is 10.9. The molecule has 0 amide bonds. The molecule has 2 aromatic rings. The Morgan fingerprint density at radius 2 is 1.43 bits per heavy atom. The number of aryl methyl sites for hydroxylation is 1. The van der Waals surface area contributed by atoms with Crippen LogP contribution in [0.25, 0.3) is 0 Å². The third-order valence-corrected chi connectivity index (χ3v) is 4.51. The van der Waals surface area contributed by atoms with Crippen molar-refractivity contribution in [3.63, 3.8) is 0 Å². The summed E-state index contributed by atoms with van der Waals surface area (Å²) in [6.07, 6.45) is 2.00. The second-order valence-corrected chi connectivity index (χ2v) is 7.05. The molecule has 0 saturated heterocycles. The Bertz CT molecular complexity index is 642. The highest BCUT2D eigenvalue weighted by Crippen LogP contribution is 2.31. The lowest BCUT2D eigenvalue weighted by Crippen LogP contribution is -2.08. The van der Waals surface area contributed by atoms with Gasteiger partial charge in [-0.15, -0.1) is 0 Å². The minimum atomic E-state index is -0.372. The van der Waals surface area contributed by atoms with Gasteiger partial charge in [-0.1, -0.05) is 58.0 Å². The third kappa shape index (κ3) is 4.45. The Balaban J connectivity index is 2.44. The first-order valence-electron chi connectivity index (χ1n) is 8.30. The number of hydrogen-bond acceptors (Lipinski definition) is 1. The molecular weight excluding hydrogens is 304 g/mol. The Labute approximate surface area is 144 Å². The van der Waals surface area contributed by atoms with E-state index < -0.39 is 0 Å². The van der Waals surface area contributed by atoms with Crippen LogP contribution in [0.2, 0.25) is 0 Å². The van der Waals surface area contributed by atoms with E-state index in [0.717, 1.165) is 12.8 Å². The maximum Gasteiger partial charge on any atom is 0.252 e. The second-order valence-electron chi connectivity index (χ2n) is 6.70. The summed E-state index contributed by atoms with van der Waals surface area (Å²) in [6.45, 7) is 8.70. The monoisotopic (exact) mass is 328 g/mol. The summed E-state index contributed by atoms with van der Waals surface area (Å²) in [7, 11) is 0. The van der Waals surface area contributed by atoms with Gasteiger partial charge in [-0.2, -0.15) is 0 Å². The topological polar surface area (TPSA) is 17.1 Å². The highest BCUT2D eigenvalue weighted by molar-refractivity contribution is 6.67. The number of carbonyl (C=O) groups is 1. The maximum atomic E-state index is 11.7. The van der Waals surface area contributed by atoms with E-state index in [-0.39, 0.29) is 5.24 Å². The highest BCUT2D eigenvalue weighted by Gasteiger charge is 2.17. The van der Waals surface area contributed by atoms with Gasteiger partial charge in [0.2, 0.25) is 0 Å². The summed E-state index contributed by atoms with van der Waals surface area (Å²) in [5.41, 5.74) is 5.82. The second kappa shape index (κ2) is 7.79. The Morgan fingerprint density at radius 3 is 1.87 bits per heavy atom. The van der Waals surface area contributed by atoms with Crippen LogP contribution in [0.15, 0.2) is 42.5 Å². The molecule has 2 rings (SSSR count). The Morgan fingerprint density at radius 1 is 0.913 bits per heavy atom. The molecule has 0 aliphatic carbocycles. The van der Waals surface area contributed by atoms with Gasteiger partial charge in [0.05, 0.1) is 0 Å². The van der Waals surface area contributed by atoms with Gasteiger partial charge in [-0.05, 0) is 70.7 Å². The van der Waals surface area contributed by atoms with Crippen LogP contribution in [0.4, 0.5) is 0 Å². The molecule has 0 fully saturated rings. The van der Waals surface area contributed by atoms with Gasteiger partial charge in [0.25, 0.3) is 5.24 Å². The standard InChI is InChI=1S/C21H25ClO/c1-14(2)19-12-17(21(22)23)13-20(15(3)4)18(19)11-10-16-8-6-5-7-9-16/h5-9,12-15H,10-11H2,1-4H3. The van der Waals surface area contributed by atoms with Gasteiger partial charge in [-0.3, -0.25) is 4.79 Å². The first kappa shape index (κ1) is 17.7. The predicted molar refractivity (Wildman–Crippen MR) is 98.7 cm³/mol. The Hall–Kier alpha value is -1.60. The van der Waals surface area contributed by atoms with Gasteiger partial charge in [0, 0.05) is 5.56 Å². The fraction of sp³-hybridized carbons (Fsp3) is 0.381. The average molecular weight is 329 g/mol. The molecule has 0 atom stereocenters. The van der Waals surface area contributed by atoms with Crippen LogP contribution in [0.5, 0.6) is 0 Å². The van der Waals surface area contributed by atoms with Crippen molar-refractivity contribution in [2.24, 2.45) is 0 Å². The summed E-state index contributed by atoms with van der Waals surface area (Å²) in [5, 5.41) is -0.372. The molecule has 2 aromatic carbocycles. The zero-order chi connectivity index (χ0) is 17.0. The molecule has 0 saturated carbocycles. The average Bonchev–Trinajstić information content (AvgIpc) is 2.52. The molecule has 23 heavy (non-hydrogen) atoms. The zero-order valence-corrected chi connectivity index (χ0v) is 15.2. The van der Waals surface area contributed by atoms with E-state index in [4.69, 9.17) is 11.6 Å². The van der Waals surface area contributed by atoms with Crippen molar-refractivity contribution in [3.05, 3.63) is 70.3 Å². The molecule has 0 unspecified atom stereocenters. The molecule has 0 N–H and O–H groups in total. The van der Waals surface area contributed by atoms with Crippen LogP contribution >= 0.6 is 11.6 Å². The normalized spacial score (nSPS) is 11.3. The minimum Gasteiger partial charge on any atom is -0.276 e. The van der Waals surface area contributed by atoms with Crippen LogP contribution in [-0.4, -0.2) is 5.24 Å². The summed E-state index contributed by atoms with van der Waals surface area (Å²) in [6, 6.07) is 14.5. The van der Waals surface area contributed by atoms with Crippen LogP contribution in [0, 0.1) is 0 Å². The van der Waals surface area contributed by atoms with E-state index in [2.05, 4.69) is 52.0 Å². The summed E-state index contributed by atoms with van der Waals surface area (Å²) in [4.78, 5) is 11.7. The molecule has 0 bridgehead atoms. The molecule has 0 radical (unpaired) electrons. The van der Waals surface area contributed by atoms with Crippen LogP contribution in [-0.2, 0) is 12.8 Å². The third-order valence-electron chi connectivity index (χ3n) is 4.30. The van der Waals surface area contributed by atoms with Crippen molar-refractivity contribution < 1.29 is 4.79 Å². The fourth-order valence-electron chi connectivity index (χ4n) is 3.06. The van der Waals surface area contributed by atoms with Crippen molar-refractivity contribution in [1.29, 1.82) is 0 Å². The van der Waals surface area contributed by atoms with E-state index in [0.29, 0.717) is 17.4 Å². The van der Waals surface area contributed by atoms with E-state index in [1.165, 1.54) is 22.3 Å². The molecule has 0 aliphatic rings. The van der Waals surface area contributed by atoms with Crippen molar-refractivity contribution in [3.8, 4) is 0 Å². The number of rotatable bonds is 6. The largest absolute Gasteiger partial charge is 0.276 e. The number of halogens is 1. The zero-order valence-electron chi connectivity index (χ0n) is 14.4. The minimum absolute atomic E-state index is 0.370. The van der Waals surface area contributed by atoms with Crippen molar-refractivity contribution in [2.45, 2.75) is 52.4 Å². The molecular formula is C21H25ClO.